The van der Waals surface area contributed by atoms with E-state index < -0.39 is 0 Å². The van der Waals surface area contributed by atoms with Crippen molar-refractivity contribution >= 4 is 28.6 Å². The van der Waals surface area contributed by atoms with Crippen molar-refractivity contribution in [3.63, 3.8) is 0 Å². The van der Waals surface area contributed by atoms with E-state index in [2.05, 4.69) is 15.0 Å². The zero-order chi connectivity index (χ0) is 15.5. The Kier molecular flexibility index (Phi) is 3.45. The first kappa shape index (κ1) is 13.6. The average molecular weight is 293 g/mol. The van der Waals surface area contributed by atoms with Crippen LogP contribution in [-0.4, -0.2) is 21.5 Å². The Hall–Kier alpha value is -3.35. The molecule has 0 saturated carbocycles. The summed E-state index contributed by atoms with van der Waals surface area (Å²) in [5, 5.41) is 0. The summed E-state index contributed by atoms with van der Waals surface area (Å²) in [7, 11) is 0. The molecule has 0 saturated heterocycles. The third kappa shape index (κ3) is 2.73. The zero-order valence-corrected chi connectivity index (χ0v) is 11.7. The first-order chi connectivity index (χ1) is 10.6. The van der Waals surface area contributed by atoms with Gasteiger partial charge in [0.25, 0.3) is 0 Å². The van der Waals surface area contributed by atoms with Crippen molar-refractivity contribution in [1.29, 1.82) is 0 Å². The summed E-state index contributed by atoms with van der Waals surface area (Å²) in [6.45, 7) is 0. The predicted molar refractivity (Wildman–Crippen MR) is 88.2 cm³/mol. The molecule has 0 spiro atoms. The van der Waals surface area contributed by atoms with E-state index in [1.54, 1.807) is 6.33 Å². The molecule has 0 aliphatic heterocycles. The topological polar surface area (TPSA) is 121 Å². The van der Waals surface area contributed by atoms with Gasteiger partial charge in [0.1, 0.15) is 6.33 Å². The Morgan fingerprint density at radius 1 is 0.955 bits per heavy atom. The van der Waals surface area contributed by atoms with Crippen molar-refractivity contribution < 1.29 is 0 Å². The molecular weight excluding hydrogens is 278 g/mol. The number of hydrogen-bond acceptors (Lipinski definition) is 2. The molecule has 7 heteroatoms. The van der Waals surface area contributed by atoms with E-state index in [0.717, 1.165) is 16.7 Å². The van der Waals surface area contributed by atoms with Gasteiger partial charge in [-0.1, -0.05) is 12.1 Å². The minimum atomic E-state index is -0.122. The Balaban J connectivity index is 1.93. The standard InChI is InChI=1S/C15H15N7/c16-14(17)21-15(18)20-10-5-7-11(8-6-10)22-9-19-12-3-1-2-4-13(12)22/h1-9H,(H6,16,17,18,20,21). The molecule has 0 atom stereocenters. The fourth-order valence-electron chi connectivity index (χ4n) is 2.14. The number of hydrogen-bond donors (Lipinski definition) is 3. The van der Waals surface area contributed by atoms with Crippen LogP contribution in [0.4, 0.5) is 5.69 Å². The quantitative estimate of drug-likeness (QED) is 0.486. The summed E-state index contributed by atoms with van der Waals surface area (Å²) >= 11 is 0. The minimum Gasteiger partial charge on any atom is -0.370 e. The Labute approximate surface area is 126 Å². The number of aromatic nitrogens is 2. The maximum Gasteiger partial charge on any atom is 0.223 e. The first-order valence-electron chi connectivity index (χ1n) is 6.60. The van der Waals surface area contributed by atoms with Gasteiger partial charge in [0.05, 0.1) is 16.7 Å². The number of nitrogens with zero attached hydrogens (tertiary/aromatic N) is 4. The van der Waals surface area contributed by atoms with E-state index in [-0.39, 0.29) is 11.9 Å². The van der Waals surface area contributed by atoms with Crippen LogP contribution in [0.15, 0.2) is 64.8 Å². The van der Waals surface area contributed by atoms with Gasteiger partial charge in [-0.3, -0.25) is 4.57 Å². The lowest BCUT2D eigenvalue weighted by Crippen LogP contribution is -2.26. The number of fused-ring (bicyclic) bond motifs is 1. The molecule has 3 aromatic rings. The van der Waals surface area contributed by atoms with Gasteiger partial charge in [-0.25, -0.2) is 9.98 Å². The molecule has 2 aromatic carbocycles. The van der Waals surface area contributed by atoms with Gasteiger partial charge < -0.3 is 17.2 Å². The number of para-hydroxylation sites is 2. The Morgan fingerprint density at radius 3 is 2.41 bits per heavy atom. The molecule has 0 amide bonds. The molecule has 3 rings (SSSR count). The molecule has 0 fully saturated rings. The normalized spacial score (nSPS) is 11.5. The predicted octanol–water partition coefficient (Wildman–Crippen LogP) is 1.25. The summed E-state index contributed by atoms with van der Waals surface area (Å²) in [5.74, 6) is -0.108. The van der Waals surface area contributed by atoms with Crippen molar-refractivity contribution in [3.05, 3.63) is 54.9 Å². The lowest BCUT2D eigenvalue weighted by molar-refractivity contribution is 1.09. The molecule has 0 radical (unpaired) electrons. The molecule has 0 aliphatic carbocycles. The van der Waals surface area contributed by atoms with Crippen LogP contribution in [0, 0.1) is 0 Å². The molecule has 0 aliphatic rings. The number of rotatable bonds is 2. The van der Waals surface area contributed by atoms with E-state index >= 15 is 0 Å². The van der Waals surface area contributed by atoms with Crippen molar-refractivity contribution in [2.75, 3.05) is 0 Å². The molecule has 6 N–H and O–H groups in total. The average Bonchev–Trinajstić information content (AvgIpc) is 2.91. The van der Waals surface area contributed by atoms with Crippen LogP contribution >= 0.6 is 0 Å². The van der Waals surface area contributed by atoms with Crippen LogP contribution in [-0.2, 0) is 0 Å². The second-order valence-electron chi connectivity index (χ2n) is 4.63. The van der Waals surface area contributed by atoms with Crippen LogP contribution in [0.2, 0.25) is 0 Å². The van der Waals surface area contributed by atoms with Crippen LogP contribution in [0.3, 0.4) is 0 Å². The second kappa shape index (κ2) is 5.57. The van der Waals surface area contributed by atoms with E-state index in [9.17, 15) is 0 Å². The Bertz CT molecular complexity index is 855. The molecule has 7 nitrogen and oxygen atoms in total. The lowest BCUT2D eigenvalue weighted by Gasteiger charge is -2.04. The highest BCUT2D eigenvalue weighted by Crippen LogP contribution is 2.20. The SMILES string of the molecule is NC(N)=NC(N)=Nc1ccc(-n2cnc3ccccc32)cc1. The molecule has 1 aromatic heterocycles. The zero-order valence-electron chi connectivity index (χ0n) is 11.7. The van der Waals surface area contributed by atoms with Crippen LogP contribution < -0.4 is 17.2 Å². The van der Waals surface area contributed by atoms with Crippen LogP contribution in [0.25, 0.3) is 16.7 Å². The number of aliphatic imine (C=N–C) groups is 2. The summed E-state index contributed by atoms with van der Waals surface area (Å²) in [5.41, 5.74) is 19.7. The number of benzene rings is 2. The van der Waals surface area contributed by atoms with Gasteiger partial charge in [0.15, 0.2) is 5.96 Å². The number of guanidine groups is 2. The molecule has 0 bridgehead atoms. The molecule has 1 heterocycles. The highest BCUT2D eigenvalue weighted by molar-refractivity contribution is 5.93. The van der Waals surface area contributed by atoms with Gasteiger partial charge in [-0.2, -0.15) is 4.99 Å². The molecule has 110 valence electrons. The highest BCUT2D eigenvalue weighted by Gasteiger charge is 2.03. The van der Waals surface area contributed by atoms with Gasteiger partial charge in [-0.05, 0) is 36.4 Å². The number of imidazole rings is 1. The largest absolute Gasteiger partial charge is 0.370 e. The molecule has 22 heavy (non-hydrogen) atoms. The van der Waals surface area contributed by atoms with Crippen LogP contribution in [0.5, 0.6) is 0 Å². The van der Waals surface area contributed by atoms with E-state index in [4.69, 9.17) is 17.2 Å². The Morgan fingerprint density at radius 2 is 1.68 bits per heavy atom. The van der Waals surface area contributed by atoms with Crippen molar-refractivity contribution in [3.8, 4) is 5.69 Å². The maximum atomic E-state index is 5.60. The highest BCUT2D eigenvalue weighted by atomic mass is 15.1. The second-order valence-corrected chi connectivity index (χ2v) is 4.63. The smallest absolute Gasteiger partial charge is 0.223 e. The molecule has 0 unspecified atom stereocenters. The summed E-state index contributed by atoms with van der Waals surface area (Å²) in [6, 6.07) is 15.5. The van der Waals surface area contributed by atoms with Gasteiger partial charge >= 0.3 is 0 Å². The molecular formula is C15H15N7. The third-order valence-corrected chi connectivity index (χ3v) is 3.07. The lowest BCUT2D eigenvalue weighted by atomic mass is 10.2. The van der Waals surface area contributed by atoms with Gasteiger partial charge in [0, 0.05) is 5.69 Å². The summed E-state index contributed by atoms with van der Waals surface area (Å²) in [4.78, 5) is 12.1. The maximum absolute atomic E-state index is 5.60. The first-order valence-corrected chi connectivity index (χ1v) is 6.60. The van der Waals surface area contributed by atoms with E-state index in [1.807, 2.05) is 53.1 Å². The number of nitrogens with two attached hydrogens (primary N) is 3. The van der Waals surface area contributed by atoms with E-state index in [0.29, 0.717) is 5.69 Å². The summed E-state index contributed by atoms with van der Waals surface area (Å²) < 4.78 is 2.00. The van der Waals surface area contributed by atoms with E-state index in [1.165, 1.54) is 0 Å². The van der Waals surface area contributed by atoms with Crippen molar-refractivity contribution in [1.82, 2.24) is 9.55 Å². The van der Waals surface area contributed by atoms with Gasteiger partial charge in [-0.15, -0.1) is 0 Å². The van der Waals surface area contributed by atoms with Crippen molar-refractivity contribution in [2.24, 2.45) is 27.2 Å². The third-order valence-electron chi connectivity index (χ3n) is 3.07. The van der Waals surface area contributed by atoms with Crippen LogP contribution in [0.1, 0.15) is 0 Å². The fourth-order valence-corrected chi connectivity index (χ4v) is 2.14. The summed E-state index contributed by atoms with van der Waals surface area (Å²) in [6.07, 6.45) is 1.79. The van der Waals surface area contributed by atoms with Gasteiger partial charge in [0.2, 0.25) is 5.96 Å². The monoisotopic (exact) mass is 293 g/mol. The minimum absolute atomic E-state index is 0.0147. The van der Waals surface area contributed by atoms with Crippen molar-refractivity contribution in [2.45, 2.75) is 0 Å². The fraction of sp³-hybridized carbons (Fsp3) is 0.